The standard InChI is InChI=1S/C12H20/c1-9-7-10(2)12(6,8-9)11(3,4)5/h7-8H,1-6H3. The zero-order valence-corrected chi connectivity index (χ0v) is 9.15. The third-order valence-electron chi connectivity index (χ3n) is 3.34. The van der Waals surface area contributed by atoms with E-state index in [1.165, 1.54) is 11.1 Å². The Hall–Kier alpha value is -0.520. The zero-order chi connectivity index (χ0) is 9.57. The maximum atomic E-state index is 2.39. The van der Waals surface area contributed by atoms with Crippen molar-refractivity contribution in [3.05, 3.63) is 23.3 Å². The molecule has 0 aromatic heterocycles. The minimum atomic E-state index is 0.261. The highest BCUT2D eigenvalue weighted by Gasteiger charge is 2.38. The van der Waals surface area contributed by atoms with Crippen molar-refractivity contribution in [2.24, 2.45) is 10.8 Å². The molecule has 1 aliphatic rings. The molecule has 0 heterocycles. The maximum Gasteiger partial charge on any atom is 0.0117 e. The Labute approximate surface area is 76.4 Å². The van der Waals surface area contributed by atoms with Gasteiger partial charge >= 0.3 is 0 Å². The van der Waals surface area contributed by atoms with Crippen LogP contribution in [-0.4, -0.2) is 0 Å². The first-order valence-corrected chi connectivity index (χ1v) is 4.65. The largest absolute Gasteiger partial charge is 0.0711 e. The number of hydrogen-bond acceptors (Lipinski definition) is 0. The van der Waals surface area contributed by atoms with E-state index >= 15 is 0 Å². The Morgan fingerprint density at radius 3 is 1.83 bits per heavy atom. The van der Waals surface area contributed by atoms with Crippen LogP contribution in [0.1, 0.15) is 41.5 Å². The summed E-state index contributed by atoms with van der Waals surface area (Å²) in [7, 11) is 0. The number of allylic oxidation sites excluding steroid dienone is 4. The van der Waals surface area contributed by atoms with Gasteiger partial charge in [-0.2, -0.15) is 0 Å². The molecule has 12 heavy (non-hydrogen) atoms. The molecule has 0 N–H and O–H groups in total. The van der Waals surface area contributed by atoms with Crippen LogP contribution in [-0.2, 0) is 0 Å². The lowest BCUT2D eigenvalue weighted by Crippen LogP contribution is -2.30. The van der Waals surface area contributed by atoms with E-state index in [0.29, 0.717) is 5.41 Å². The summed E-state index contributed by atoms with van der Waals surface area (Å²) in [4.78, 5) is 0. The lowest BCUT2D eigenvalue weighted by atomic mass is 9.65. The van der Waals surface area contributed by atoms with Crippen LogP contribution in [0.2, 0.25) is 0 Å². The quantitative estimate of drug-likeness (QED) is 0.508. The van der Waals surface area contributed by atoms with Crippen LogP contribution in [0.5, 0.6) is 0 Å². The van der Waals surface area contributed by atoms with Crippen LogP contribution in [0.15, 0.2) is 23.3 Å². The Bertz CT molecular complexity index is 248. The fraction of sp³-hybridized carbons (Fsp3) is 0.667. The van der Waals surface area contributed by atoms with Gasteiger partial charge in [0.15, 0.2) is 0 Å². The second kappa shape index (κ2) is 2.48. The predicted octanol–water partition coefficient (Wildman–Crippen LogP) is 3.95. The summed E-state index contributed by atoms with van der Waals surface area (Å²) in [5.74, 6) is 0. The van der Waals surface area contributed by atoms with E-state index < -0.39 is 0 Å². The van der Waals surface area contributed by atoms with Gasteiger partial charge in [0.1, 0.15) is 0 Å². The maximum absolute atomic E-state index is 2.39. The van der Waals surface area contributed by atoms with Crippen molar-refractivity contribution in [2.45, 2.75) is 41.5 Å². The third-order valence-corrected chi connectivity index (χ3v) is 3.34. The molecule has 0 nitrogen and oxygen atoms in total. The van der Waals surface area contributed by atoms with Crippen molar-refractivity contribution in [1.82, 2.24) is 0 Å². The van der Waals surface area contributed by atoms with Gasteiger partial charge in [-0.1, -0.05) is 51.0 Å². The molecule has 1 rings (SSSR count). The van der Waals surface area contributed by atoms with Crippen LogP contribution in [0.3, 0.4) is 0 Å². The summed E-state index contributed by atoms with van der Waals surface area (Å²) in [5.41, 5.74) is 3.49. The second-order valence-corrected chi connectivity index (χ2v) is 5.17. The fourth-order valence-corrected chi connectivity index (χ4v) is 1.91. The molecule has 0 aliphatic heterocycles. The molecular formula is C12H20. The van der Waals surface area contributed by atoms with E-state index in [-0.39, 0.29) is 5.41 Å². The average molecular weight is 164 g/mol. The van der Waals surface area contributed by atoms with Gasteiger partial charge in [0.25, 0.3) is 0 Å². The van der Waals surface area contributed by atoms with Gasteiger partial charge in [-0.3, -0.25) is 0 Å². The third kappa shape index (κ3) is 1.24. The first kappa shape index (κ1) is 9.57. The van der Waals surface area contributed by atoms with Crippen molar-refractivity contribution in [3.8, 4) is 0 Å². The lowest BCUT2D eigenvalue weighted by Gasteiger charge is -2.39. The summed E-state index contributed by atoms with van der Waals surface area (Å²) in [6, 6.07) is 0. The highest BCUT2D eigenvalue weighted by molar-refractivity contribution is 5.39. The lowest BCUT2D eigenvalue weighted by molar-refractivity contribution is 0.216. The zero-order valence-electron chi connectivity index (χ0n) is 9.15. The first-order valence-electron chi connectivity index (χ1n) is 4.65. The molecule has 0 aromatic carbocycles. The molecule has 1 unspecified atom stereocenters. The Morgan fingerprint density at radius 1 is 1.17 bits per heavy atom. The van der Waals surface area contributed by atoms with Gasteiger partial charge in [0.2, 0.25) is 0 Å². The topological polar surface area (TPSA) is 0 Å². The van der Waals surface area contributed by atoms with Crippen molar-refractivity contribution in [3.63, 3.8) is 0 Å². The highest BCUT2D eigenvalue weighted by Crippen LogP contribution is 2.49. The smallest absolute Gasteiger partial charge is 0.0117 e. The summed E-state index contributed by atoms with van der Waals surface area (Å²) < 4.78 is 0. The van der Waals surface area contributed by atoms with E-state index in [4.69, 9.17) is 0 Å². The molecule has 68 valence electrons. The molecule has 0 amide bonds. The molecule has 1 aliphatic carbocycles. The molecule has 0 spiro atoms. The molecule has 0 saturated carbocycles. The van der Waals surface area contributed by atoms with Crippen LogP contribution < -0.4 is 0 Å². The highest BCUT2D eigenvalue weighted by atomic mass is 14.4. The van der Waals surface area contributed by atoms with Crippen molar-refractivity contribution < 1.29 is 0 Å². The minimum absolute atomic E-state index is 0.261. The molecule has 1 atom stereocenters. The summed E-state index contributed by atoms with van der Waals surface area (Å²) >= 11 is 0. The minimum Gasteiger partial charge on any atom is -0.0711 e. The molecule has 0 heteroatoms. The van der Waals surface area contributed by atoms with Crippen LogP contribution in [0, 0.1) is 10.8 Å². The van der Waals surface area contributed by atoms with Gasteiger partial charge in [-0.05, 0) is 19.3 Å². The van der Waals surface area contributed by atoms with Crippen molar-refractivity contribution >= 4 is 0 Å². The van der Waals surface area contributed by atoms with E-state index in [0.717, 1.165) is 0 Å². The van der Waals surface area contributed by atoms with Gasteiger partial charge < -0.3 is 0 Å². The molecule has 0 bridgehead atoms. The van der Waals surface area contributed by atoms with E-state index in [9.17, 15) is 0 Å². The van der Waals surface area contributed by atoms with Crippen LogP contribution >= 0.6 is 0 Å². The average Bonchev–Trinajstić information content (AvgIpc) is 2.06. The number of hydrogen-bond donors (Lipinski definition) is 0. The summed E-state index contributed by atoms with van der Waals surface area (Å²) in [5, 5.41) is 0. The monoisotopic (exact) mass is 164 g/mol. The molecule has 0 radical (unpaired) electrons. The van der Waals surface area contributed by atoms with Gasteiger partial charge in [0.05, 0.1) is 0 Å². The van der Waals surface area contributed by atoms with E-state index in [1.54, 1.807) is 0 Å². The molecule has 0 aromatic rings. The summed E-state index contributed by atoms with van der Waals surface area (Å²) in [6.45, 7) is 13.7. The van der Waals surface area contributed by atoms with Crippen molar-refractivity contribution in [2.75, 3.05) is 0 Å². The predicted molar refractivity (Wildman–Crippen MR) is 55.1 cm³/mol. The molecule has 0 saturated heterocycles. The van der Waals surface area contributed by atoms with E-state index in [1.807, 2.05) is 0 Å². The van der Waals surface area contributed by atoms with E-state index in [2.05, 4.69) is 53.7 Å². The Kier molecular flexibility index (Phi) is 1.98. The molecule has 0 fully saturated rings. The first-order chi connectivity index (χ1) is 5.27. The fourth-order valence-electron chi connectivity index (χ4n) is 1.91. The Morgan fingerprint density at radius 2 is 1.67 bits per heavy atom. The second-order valence-electron chi connectivity index (χ2n) is 5.17. The van der Waals surface area contributed by atoms with Crippen LogP contribution in [0.4, 0.5) is 0 Å². The normalized spacial score (nSPS) is 30.2. The van der Waals surface area contributed by atoms with Gasteiger partial charge in [0, 0.05) is 5.41 Å². The van der Waals surface area contributed by atoms with Crippen LogP contribution in [0.25, 0.3) is 0 Å². The van der Waals surface area contributed by atoms with Gasteiger partial charge in [-0.15, -0.1) is 0 Å². The molecular weight excluding hydrogens is 144 g/mol. The summed E-state index contributed by atoms with van der Waals surface area (Å²) in [6.07, 6.45) is 4.69. The Balaban J connectivity index is 3.11. The van der Waals surface area contributed by atoms with Gasteiger partial charge in [-0.25, -0.2) is 0 Å². The number of rotatable bonds is 0. The SMILES string of the molecule is CC1=CC(C)(C(C)(C)C)C(C)=C1. The van der Waals surface area contributed by atoms with Crippen molar-refractivity contribution in [1.29, 1.82) is 0 Å².